The molecule has 0 saturated heterocycles. The van der Waals surface area contributed by atoms with Gasteiger partial charge in [0.15, 0.2) is 0 Å². The van der Waals surface area contributed by atoms with Crippen LogP contribution in [0, 0.1) is 0 Å². The molecule has 0 heterocycles. The smallest absolute Gasteiger partial charge is 0.220 e. The van der Waals surface area contributed by atoms with Crippen molar-refractivity contribution < 1.29 is 14.6 Å². The van der Waals surface area contributed by atoms with Crippen LogP contribution in [-0.2, 0) is 11.2 Å². The summed E-state index contributed by atoms with van der Waals surface area (Å²) in [7, 11) is 1.63. The van der Waals surface area contributed by atoms with E-state index >= 15 is 0 Å². The minimum absolute atomic E-state index is 0.0864. The van der Waals surface area contributed by atoms with E-state index in [-0.39, 0.29) is 18.1 Å². The van der Waals surface area contributed by atoms with Gasteiger partial charge in [0, 0.05) is 12.5 Å². The Morgan fingerprint density at radius 3 is 2.71 bits per heavy atom. The van der Waals surface area contributed by atoms with Gasteiger partial charge in [0.25, 0.3) is 0 Å². The molecule has 1 saturated carbocycles. The average molecular weight is 356 g/mol. The number of rotatable bonds is 5. The number of hydrogen-bond donors (Lipinski definition) is 2. The van der Waals surface area contributed by atoms with E-state index in [2.05, 4.69) is 21.2 Å². The summed E-state index contributed by atoms with van der Waals surface area (Å²) in [5.74, 6) is 0.882. The van der Waals surface area contributed by atoms with Gasteiger partial charge in [-0.2, -0.15) is 0 Å². The molecule has 5 heteroatoms. The molecule has 1 amide bonds. The van der Waals surface area contributed by atoms with Crippen molar-refractivity contribution in [2.75, 3.05) is 7.11 Å². The van der Waals surface area contributed by atoms with Crippen molar-refractivity contribution in [1.82, 2.24) is 5.32 Å². The summed E-state index contributed by atoms with van der Waals surface area (Å²) in [5.41, 5.74) is 1.11. The molecule has 1 aliphatic carbocycles. The van der Waals surface area contributed by atoms with Crippen molar-refractivity contribution in [3.05, 3.63) is 28.2 Å². The zero-order valence-corrected chi connectivity index (χ0v) is 13.9. The van der Waals surface area contributed by atoms with Crippen LogP contribution in [0.5, 0.6) is 5.75 Å². The maximum atomic E-state index is 12.0. The van der Waals surface area contributed by atoms with E-state index in [0.29, 0.717) is 12.8 Å². The second-order valence-corrected chi connectivity index (χ2v) is 6.40. The van der Waals surface area contributed by atoms with Gasteiger partial charge in [-0.1, -0.05) is 6.07 Å². The first-order chi connectivity index (χ1) is 10.1. The first kappa shape index (κ1) is 16.3. The summed E-state index contributed by atoms with van der Waals surface area (Å²) in [5, 5.41) is 12.5. The van der Waals surface area contributed by atoms with E-state index in [9.17, 15) is 9.90 Å². The number of carbonyl (C=O) groups is 1. The lowest BCUT2D eigenvalue weighted by Gasteiger charge is -2.26. The Morgan fingerprint density at radius 2 is 2.10 bits per heavy atom. The van der Waals surface area contributed by atoms with E-state index in [1.54, 1.807) is 7.11 Å². The van der Waals surface area contributed by atoms with Crippen LogP contribution in [0.4, 0.5) is 0 Å². The number of carbonyl (C=O) groups excluding carboxylic acids is 1. The summed E-state index contributed by atoms with van der Waals surface area (Å²) in [4.78, 5) is 12.0. The highest BCUT2D eigenvalue weighted by atomic mass is 79.9. The monoisotopic (exact) mass is 355 g/mol. The summed E-state index contributed by atoms with van der Waals surface area (Å²) in [6, 6.07) is 6.10. The normalized spacial score (nSPS) is 21.9. The Hall–Kier alpha value is -1.07. The summed E-state index contributed by atoms with van der Waals surface area (Å²) >= 11 is 3.45. The zero-order valence-electron chi connectivity index (χ0n) is 12.3. The largest absolute Gasteiger partial charge is 0.496 e. The number of amides is 1. The first-order valence-corrected chi connectivity index (χ1v) is 8.17. The molecule has 4 nitrogen and oxygen atoms in total. The lowest BCUT2D eigenvalue weighted by Crippen LogP contribution is -2.38. The van der Waals surface area contributed by atoms with Crippen LogP contribution in [0.1, 0.15) is 37.7 Å². The predicted molar refractivity (Wildman–Crippen MR) is 85.4 cm³/mol. The molecular formula is C16H22BrNO3. The highest BCUT2D eigenvalue weighted by molar-refractivity contribution is 9.10. The van der Waals surface area contributed by atoms with Gasteiger partial charge in [-0.25, -0.2) is 0 Å². The molecule has 2 N–H and O–H groups in total. The van der Waals surface area contributed by atoms with E-state index in [1.807, 2.05) is 18.2 Å². The van der Waals surface area contributed by atoms with Gasteiger partial charge >= 0.3 is 0 Å². The Bertz CT molecular complexity index is 484. The average Bonchev–Trinajstić information content (AvgIpc) is 2.48. The minimum atomic E-state index is -0.185. The number of aliphatic hydroxyl groups is 1. The Labute approximate surface area is 134 Å². The SMILES string of the molecule is COc1ccc(CCC(=O)NC2CCC(O)CC2)cc1Br. The van der Waals surface area contributed by atoms with E-state index in [0.717, 1.165) is 41.5 Å². The Kier molecular flexibility index (Phi) is 6.06. The topological polar surface area (TPSA) is 58.6 Å². The second kappa shape index (κ2) is 7.80. The summed E-state index contributed by atoms with van der Waals surface area (Å²) < 4.78 is 6.09. The third-order valence-electron chi connectivity index (χ3n) is 3.92. The molecule has 0 radical (unpaired) electrons. The van der Waals surface area contributed by atoms with Crippen LogP contribution in [-0.4, -0.2) is 30.3 Å². The van der Waals surface area contributed by atoms with Crippen LogP contribution in [0.25, 0.3) is 0 Å². The maximum absolute atomic E-state index is 12.0. The number of nitrogens with one attached hydrogen (secondary N) is 1. The number of benzene rings is 1. The van der Waals surface area contributed by atoms with Gasteiger partial charge < -0.3 is 15.2 Å². The predicted octanol–water partition coefficient (Wildman–Crippen LogP) is 2.81. The number of aryl methyl sites for hydroxylation is 1. The molecule has 0 atom stereocenters. The van der Waals surface area contributed by atoms with Crippen molar-refractivity contribution in [3.8, 4) is 5.75 Å². The van der Waals surface area contributed by atoms with Gasteiger partial charge in [0.1, 0.15) is 5.75 Å². The van der Waals surface area contributed by atoms with Crippen molar-refractivity contribution in [1.29, 1.82) is 0 Å². The molecular weight excluding hydrogens is 334 g/mol. The second-order valence-electron chi connectivity index (χ2n) is 5.54. The zero-order chi connectivity index (χ0) is 15.2. The molecule has 0 aliphatic heterocycles. The fraction of sp³-hybridized carbons (Fsp3) is 0.562. The molecule has 0 bridgehead atoms. The van der Waals surface area contributed by atoms with Crippen LogP contribution in [0.15, 0.2) is 22.7 Å². The molecule has 1 aromatic rings. The number of halogens is 1. The number of hydrogen-bond acceptors (Lipinski definition) is 3. The van der Waals surface area contributed by atoms with Crippen LogP contribution in [0.3, 0.4) is 0 Å². The van der Waals surface area contributed by atoms with Crippen LogP contribution in [0.2, 0.25) is 0 Å². The number of aliphatic hydroxyl groups excluding tert-OH is 1. The van der Waals surface area contributed by atoms with Crippen LogP contribution >= 0.6 is 15.9 Å². The third-order valence-corrected chi connectivity index (χ3v) is 4.54. The van der Waals surface area contributed by atoms with Gasteiger partial charge in [0.05, 0.1) is 17.7 Å². The van der Waals surface area contributed by atoms with Crippen molar-refractivity contribution in [2.45, 2.75) is 50.7 Å². The number of methoxy groups -OCH3 is 1. The molecule has 1 fully saturated rings. The molecule has 1 aliphatic rings. The molecule has 2 rings (SSSR count). The molecule has 0 spiro atoms. The highest BCUT2D eigenvalue weighted by Crippen LogP contribution is 2.26. The molecule has 0 aromatic heterocycles. The lowest BCUT2D eigenvalue weighted by atomic mass is 9.93. The quantitative estimate of drug-likeness (QED) is 0.853. The third kappa shape index (κ3) is 5.00. The van der Waals surface area contributed by atoms with Gasteiger partial charge in [-0.05, 0) is 65.7 Å². The van der Waals surface area contributed by atoms with Gasteiger partial charge in [0.2, 0.25) is 5.91 Å². The highest BCUT2D eigenvalue weighted by Gasteiger charge is 2.20. The standard InChI is InChI=1S/C16H22BrNO3/c1-21-15-8-2-11(10-14(15)17)3-9-16(20)18-12-4-6-13(19)7-5-12/h2,8,10,12-13,19H,3-7,9H2,1H3,(H,18,20). The lowest BCUT2D eigenvalue weighted by molar-refractivity contribution is -0.122. The summed E-state index contributed by atoms with van der Waals surface area (Å²) in [6.45, 7) is 0. The Morgan fingerprint density at radius 1 is 1.38 bits per heavy atom. The molecule has 116 valence electrons. The van der Waals surface area contributed by atoms with Gasteiger partial charge in [-0.3, -0.25) is 4.79 Å². The molecule has 21 heavy (non-hydrogen) atoms. The summed E-state index contributed by atoms with van der Waals surface area (Å²) in [6.07, 6.45) is 4.34. The molecule has 0 unspecified atom stereocenters. The van der Waals surface area contributed by atoms with E-state index in [1.165, 1.54) is 0 Å². The maximum Gasteiger partial charge on any atom is 0.220 e. The fourth-order valence-electron chi connectivity index (χ4n) is 2.64. The van der Waals surface area contributed by atoms with Gasteiger partial charge in [-0.15, -0.1) is 0 Å². The van der Waals surface area contributed by atoms with Crippen LogP contribution < -0.4 is 10.1 Å². The Balaban J connectivity index is 1.77. The molecule has 1 aromatic carbocycles. The minimum Gasteiger partial charge on any atom is -0.496 e. The first-order valence-electron chi connectivity index (χ1n) is 7.38. The fourth-order valence-corrected chi connectivity index (χ4v) is 3.23. The van der Waals surface area contributed by atoms with E-state index in [4.69, 9.17) is 4.74 Å². The van der Waals surface area contributed by atoms with Crippen molar-refractivity contribution in [3.63, 3.8) is 0 Å². The number of ether oxygens (including phenoxy) is 1. The van der Waals surface area contributed by atoms with E-state index < -0.39 is 0 Å². The van der Waals surface area contributed by atoms with Crippen molar-refractivity contribution in [2.24, 2.45) is 0 Å². The van der Waals surface area contributed by atoms with Crippen molar-refractivity contribution >= 4 is 21.8 Å².